The van der Waals surface area contributed by atoms with E-state index in [1.807, 2.05) is 0 Å². The molecule has 0 saturated carbocycles. The first-order chi connectivity index (χ1) is 17.2. The lowest BCUT2D eigenvalue weighted by atomic mass is 10.1. The highest BCUT2D eigenvalue weighted by Gasteiger charge is 2.28. The van der Waals surface area contributed by atoms with Crippen LogP contribution in [0.2, 0.25) is 0 Å². The molecule has 192 valence electrons. The van der Waals surface area contributed by atoms with Gasteiger partial charge in [0.05, 0.1) is 39.4 Å². The standard InChI is InChI=1S/C24H26N2O9S/c1-31-20-10-8-17(23(13-20)33-3)15-25(16-18-9-11-21(32-2)14-24(18)34-4)36(29,30)35-22-7-5-6-19(12-22)26(27)28/h5-14H,15-16H2,1-4H3. The summed E-state index contributed by atoms with van der Waals surface area (Å²) >= 11 is 0. The van der Waals surface area contributed by atoms with Crippen LogP contribution in [0.3, 0.4) is 0 Å². The Labute approximate surface area is 209 Å². The van der Waals surface area contributed by atoms with Crippen molar-refractivity contribution in [2.24, 2.45) is 0 Å². The zero-order valence-electron chi connectivity index (χ0n) is 20.2. The Bertz CT molecular complexity index is 1270. The summed E-state index contributed by atoms with van der Waals surface area (Å²) in [4.78, 5) is 10.5. The van der Waals surface area contributed by atoms with Gasteiger partial charge in [0.15, 0.2) is 5.75 Å². The van der Waals surface area contributed by atoms with Gasteiger partial charge in [-0.15, -0.1) is 0 Å². The highest BCUT2D eigenvalue weighted by atomic mass is 32.2. The molecule has 0 heterocycles. The van der Waals surface area contributed by atoms with Gasteiger partial charge in [0.1, 0.15) is 23.0 Å². The van der Waals surface area contributed by atoms with Crippen LogP contribution in [0, 0.1) is 10.1 Å². The number of nitro groups is 1. The van der Waals surface area contributed by atoms with E-state index in [-0.39, 0.29) is 24.5 Å². The van der Waals surface area contributed by atoms with Crippen molar-refractivity contribution in [1.82, 2.24) is 4.31 Å². The van der Waals surface area contributed by atoms with Crippen molar-refractivity contribution in [3.05, 3.63) is 81.9 Å². The van der Waals surface area contributed by atoms with E-state index in [2.05, 4.69) is 0 Å². The molecule has 12 heteroatoms. The van der Waals surface area contributed by atoms with Crippen molar-refractivity contribution in [3.8, 4) is 28.7 Å². The predicted molar refractivity (Wildman–Crippen MR) is 131 cm³/mol. The Morgan fingerprint density at radius 1 is 0.750 bits per heavy atom. The fourth-order valence-electron chi connectivity index (χ4n) is 3.38. The summed E-state index contributed by atoms with van der Waals surface area (Å²) in [6, 6.07) is 14.9. The van der Waals surface area contributed by atoms with Crippen LogP contribution >= 0.6 is 0 Å². The van der Waals surface area contributed by atoms with Gasteiger partial charge in [0, 0.05) is 42.4 Å². The van der Waals surface area contributed by atoms with Crippen LogP contribution in [0.15, 0.2) is 60.7 Å². The zero-order valence-corrected chi connectivity index (χ0v) is 21.0. The quantitative estimate of drug-likeness (QED) is 0.259. The van der Waals surface area contributed by atoms with Gasteiger partial charge in [0.25, 0.3) is 5.69 Å². The topological polar surface area (TPSA) is 127 Å². The molecule has 0 amide bonds. The molecule has 36 heavy (non-hydrogen) atoms. The molecule has 0 radical (unpaired) electrons. The Hall–Kier alpha value is -4.03. The normalized spacial score (nSPS) is 11.1. The first-order valence-electron chi connectivity index (χ1n) is 10.6. The van der Waals surface area contributed by atoms with E-state index in [0.717, 1.165) is 10.4 Å². The summed E-state index contributed by atoms with van der Waals surface area (Å²) in [5.41, 5.74) is 0.775. The van der Waals surface area contributed by atoms with Crippen molar-refractivity contribution in [2.45, 2.75) is 13.1 Å². The third kappa shape index (κ3) is 6.34. The van der Waals surface area contributed by atoms with Crippen LogP contribution in [0.4, 0.5) is 5.69 Å². The predicted octanol–water partition coefficient (Wildman–Crippen LogP) is 3.96. The molecule has 3 aromatic rings. The molecule has 0 N–H and O–H groups in total. The summed E-state index contributed by atoms with van der Waals surface area (Å²) in [5, 5.41) is 11.1. The van der Waals surface area contributed by atoms with Gasteiger partial charge in [-0.1, -0.05) is 18.2 Å². The third-order valence-corrected chi connectivity index (χ3v) is 6.52. The van der Waals surface area contributed by atoms with Crippen molar-refractivity contribution in [3.63, 3.8) is 0 Å². The molecule has 0 spiro atoms. The molecule has 3 aromatic carbocycles. The van der Waals surface area contributed by atoms with Gasteiger partial charge in [-0.25, -0.2) is 0 Å². The fraction of sp³-hybridized carbons (Fsp3) is 0.250. The van der Waals surface area contributed by atoms with Crippen LogP contribution in [-0.4, -0.2) is 46.1 Å². The zero-order chi connectivity index (χ0) is 26.3. The van der Waals surface area contributed by atoms with Gasteiger partial charge in [0.2, 0.25) is 0 Å². The molecular formula is C24H26N2O9S. The molecule has 0 atom stereocenters. The molecular weight excluding hydrogens is 492 g/mol. The highest BCUT2D eigenvalue weighted by molar-refractivity contribution is 7.84. The summed E-state index contributed by atoms with van der Waals surface area (Å²) in [6.45, 7) is -0.279. The molecule has 11 nitrogen and oxygen atoms in total. The average molecular weight is 519 g/mol. The molecule has 0 aromatic heterocycles. The molecule has 3 rings (SSSR count). The van der Waals surface area contributed by atoms with E-state index in [1.54, 1.807) is 36.4 Å². The molecule has 0 bridgehead atoms. The number of hydrogen-bond donors (Lipinski definition) is 0. The highest BCUT2D eigenvalue weighted by Crippen LogP contribution is 2.31. The monoisotopic (exact) mass is 518 g/mol. The van der Waals surface area contributed by atoms with Gasteiger partial charge < -0.3 is 23.1 Å². The number of methoxy groups -OCH3 is 4. The second-order valence-corrected chi connectivity index (χ2v) is 8.96. The smallest absolute Gasteiger partial charge is 0.385 e. The largest absolute Gasteiger partial charge is 0.497 e. The van der Waals surface area contributed by atoms with Crippen LogP contribution in [-0.2, 0) is 23.4 Å². The lowest BCUT2D eigenvalue weighted by Crippen LogP contribution is -2.34. The number of hydrogen-bond acceptors (Lipinski definition) is 9. The minimum Gasteiger partial charge on any atom is -0.497 e. The maximum Gasteiger partial charge on any atom is 0.385 e. The van der Waals surface area contributed by atoms with Crippen molar-refractivity contribution >= 4 is 16.0 Å². The lowest BCUT2D eigenvalue weighted by Gasteiger charge is -2.24. The summed E-state index contributed by atoms with van der Waals surface area (Å²) < 4.78 is 54.5. The first kappa shape index (κ1) is 26.6. The molecule has 0 aliphatic rings. The SMILES string of the molecule is COc1ccc(CN(Cc2ccc(OC)cc2OC)S(=O)(=O)Oc2cccc([N+](=O)[O-])c2)c(OC)c1. The average Bonchev–Trinajstić information content (AvgIpc) is 2.88. The first-order valence-corrected chi connectivity index (χ1v) is 11.9. The molecule has 0 saturated heterocycles. The van der Waals surface area contributed by atoms with E-state index < -0.39 is 15.2 Å². The van der Waals surface area contributed by atoms with Crippen molar-refractivity contribution in [2.75, 3.05) is 28.4 Å². The van der Waals surface area contributed by atoms with E-state index in [0.29, 0.717) is 34.1 Å². The van der Waals surface area contributed by atoms with Gasteiger partial charge in [-0.3, -0.25) is 10.1 Å². The Morgan fingerprint density at radius 2 is 1.28 bits per heavy atom. The summed E-state index contributed by atoms with van der Waals surface area (Å²) in [7, 11) is 1.48. The number of nitrogens with zero attached hydrogens (tertiary/aromatic N) is 2. The van der Waals surface area contributed by atoms with Crippen molar-refractivity contribution in [1.29, 1.82) is 0 Å². The Morgan fingerprint density at radius 3 is 1.72 bits per heavy atom. The van der Waals surface area contributed by atoms with E-state index in [9.17, 15) is 18.5 Å². The minimum absolute atomic E-state index is 0.139. The molecule has 0 aliphatic carbocycles. The number of nitro benzene ring substituents is 1. The molecule has 0 unspecified atom stereocenters. The number of non-ortho nitro benzene ring substituents is 1. The maximum atomic E-state index is 13.4. The van der Waals surface area contributed by atoms with Crippen LogP contribution < -0.4 is 23.1 Å². The van der Waals surface area contributed by atoms with Crippen molar-refractivity contribution < 1.29 is 36.5 Å². The van der Waals surface area contributed by atoms with Crippen LogP contribution in [0.1, 0.15) is 11.1 Å². The molecule has 0 aliphatic heterocycles. The van der Waals surface area contributed by atoms with E-state index in [1.165, 1.54) is 46.6 Å². The Balaban J connectivity index is 2.02. The number of benzene rings is 3. The fourth-order valence-corrected chi connectivity index (χ4v) is 4.43. The van der Waals surface area contributed by atoms with Gasteiger partial charge in [-0.05, 0) is 18.2 Å². The summed E-state index contributed by atoms with van der Waals surface area (Å²) in [6.07, 6.45) is 0. The van der Waals surface area contributed by atoms with Crippen LogP contribution in [0.5, 0.6) is 28.7 Å². The van der Waals surface area contributed by atoms with Gasteiger partial charge in [-0.2, -0.15) is 12.7 Å². The lowest BCUT2D eigenvalue weighted by molar-refractivity contribution is -0.384. The van der Waals surface area contributed by atoms with E-state index in [4.69, 9.17) is 23.1 Å². The second-order valence-electron chi connectivity index (χ2n) is 7.42. The third-order valence-electron chi connectivity index (χ3n) is 5.23. The maximum absolute atomic E-state index is 13.4. The molecule has 0 fully saturated rings. The minimum atomic E-state index is -4.46. The number of ether oxygens (including phenoxy) is 4. The van der Waals surface area contributed by atoms with Gasteiger partial charge >= 0.3 is 10.3 Å². The van der Waals surface area contributed by atoms with E-state index >= 15 is 0 Å². The second kappa shape index (κ2) is 11.6. The van der Waals surface area contributed by atoms with Crippen LogP contribution in [0.25, 0.3) is 0 Å². The summed E-state index contributed by atoms with van der Waals surface area (Å²) in [5.74, 6) is 1.69. The number of rotatable bonds is 12. The Kier molecular flexibility index (Phi) is 8.56.